The molecule has 1 heterocycles. The largest absolute Gasteiger partial charge is 0.522 e. The Morgan fingerprint density at radius 2 is 1.53 bits per heavy atom. The first-order valence-corrected chi connectivity index (χ1v) is 14.8. The third kappa shape index (κ3) is 9.02. The fourth-order valence-corrected chi connectivity index (χ4v) is 5.12. The van der Waals surface area contributed by atoms with Crippen LogP contribution in [0.25, 0.3) is 16.9 Å². The Balaban J connectivity index is 1.37. The average molecular weight is 675 g/mol. The molecule has 232 valence electrons. The monoisotopic (exact) mass is 673 g/mol. The summed E-state index contributed by atoms with van der Waals surface area (Å²) in [5, 5.41) is 8.30. The molecular weight excluding hydrogens is 650 g/mol. The van der Waals surface area contributed by atoms with Gasteiger partial charge in [-0.1, -0.05) is 89.4 Å². The van der Waals surface area contributed by atoms with Crippen molar-refractivity contribution in [2.24, 2.45) is 0 Å². The molecule has 12 heteroatoms. The van der Waals surface area contributed by atoms with Crippen LogP contribution < -0.4 is 10.1 Å². The zero-order chi connectivity index (χ0) is 32.0. The van der Waals surface area contributed by atoms with Gasteiger partial charge in [-0.2, -0.15) is 5.10 Å². The molecule has 5 aromatic rings. The highest BCUT2D eigenvalue weighted by Gasteiger charge is 2.31. The van der Waals surface area contributed by atoms with Gasteiger partial charge in [-0.05, 0) is 66.1 Å². The second-order valence-corrected chi connectivity index (χ2v) is 11.3. The van der Waals surface area contributed by atoms with E-state index in [9.17, 15) is 18.0 Å². The third-order valence-electron chi connectivity index (χ3n) is 6.66. The lowest BCUT2D eigenvalue weighted by Crippen LogP contribution is -2.41. The molecule has 45 heavy (non-hydrogen) atoms. The Bertz CT molecular complexity index is 1750. The van der Waals surface area contributed by atoms with E-state index in [1.54, 1.807) is 60.7 Å². The van der Waals surface area contributed by atoms with Crippen molar-refractivity contribution in [2.75, 3.05) is 6.61 Å². The van der Waals surface area contributed by atoms with Gasteiger partial charge in [0, 0.05) is 15.6 Å². The Kier molecular flexibility index (Phi) is 10.4. The first kappa shape index (κ1) is 32.4. The van der Waals surface area contributed by atoms with Gasteiger partial charge < -0.3 is 10.1 Å². The average Bonchev–Trinajstić information content (AvgIpc) is 3.45. The number of carbonyl (C=O) groups is 1. The molecule has 1 amide bonds. The molecule has 1 N–H and O–H groups in total. The lowest BCUT2D eigenvalue weighted by molar-refractivity contribution is -0.326. The summed E-state index contributed by atoms with van der Waals surface area (Å²) < 4.78 is 50.4. The molecule has 5 rings (SSSR count). The summed E-state index contributed by atoms with van der Waals surface area (Å²) in [6.07, 6.45) is -4.83. The molecule has 0 spiro atoms. The Morgan fingerprint density at radius 1 is 0.844 bits per heavy atom. The van der Waals surface area contributed by atoms with Crippen LogP contribution in [0, 0.1) is 0 Å². The molecule has 1 aromatic heterocycles. The molecule has 0 unspecified atom stereocenters. The molecule has 0 saturated heterocycles. The molecule has 6 nitrogen and oxygen atoms in total. The number of hydrogen-bond acceptors (Lipinski definition) is 4. The van der Waals surface area contributed by atoms with E-state index in [4.69, 9.17) is 39.5 Å². The zero-order valence-electron chi connectivity index (χ0n) is 23.4. The topological polar surface area (TPSA) is 65.4 Å². The van der Waals surface area contributed by atoms with Crippen LogP contribution in [-0.4, -0.2) is 34.7 Å². The van der Waals surface area contributed by atoms with Gasteiger partial charge in [0.15, 0.2) is 5.69 Å². The van der Waals surface area contributed by atoms with E-state index in [0.717, 1.165) is 5.56 Å². The van der Waals surface area contributed by atoms with Gasteiger partial charge in [0.2, 0.25) is 0 Å². The summed E-state index contributed by atoms with van der Waals surface area (Å²) in [4.78, 5) is 13.4. The third-order valence-corrected chi connectivity index (χ3v) is 7.45. The SMILES string of the molecule is O=C(N[C@H](COC(F)(F)F)Cc1ccc(OCc2ccccc2)cc1)c1cc(-c2ccc(Cl)cc2)n(-c2ccc(Cl)cc2Cl)n1. The first-order chi connectivity index (χ1) is 21.5. The molecule has 1 atom stereocenters. The van der Waals surface area contributed by atoms with Crippen molar-refractivity contribution in [3.05, 3.63) is 135 Å². The summed E-state index contributed by atoms with van der Waals surface area (Å²) in [6, 6.07) is 28.6. The van der Waals surface area contributed by atoms with E-state index in [-0.39, 0.29) is 17.1 Å². The summed E-state index contributed by atoms with van der Waals surface area (Å²) in [7, 11) is 0. The summed E-state index contributed by atoms with van der Waals surface area (Å²) in [5.41, 5.74) is 3.22. The van der Waals surface area contributed by atoms with Crippen LogP contribution >= 0.6 is 34.8 Å². The number of nitrogens with one attached hydrogen (secondary N) is 1. The maximum absolute atomic E-state index is 13.4. The Hall–Kier alpha value is -4.02. The molecule has 4 aromatic carbocycles. The number of ether oxygens (including phenoxy) is 2. The quantitative estimate of drug-likeness (QED) is 0.152. The molecule has 0 bridgehead atoms. The van der Waals surface area contributed by atoms with Crippen molar-refractivity contribution >= 4 is 40.7 Å². The van der Waals surface area contributed by atoms with Crippen LogP contribution in [0.1, 0.15) is 21.6 Å². The van der Waals surface area contributed by atoms with Gasteiger partial charge in [0.25, 0.3) is 5.91 Å². The molecule has 0 aliphatic rings. The predicted octanol–water partition coefficient (Wildman–Crippen LogP) is 8.96. The highest BCUT2D eigenvalue weighted by atomic mass is 35.5. The fourth-order valence-electron chi connectivity index (χ4n) is 4.51. The highest BCUT2D eigenvalue weighted by Crippen LogP contribution is 2.30. The summed E-state index contributed by atoms with van der Waals surface area (Å²) >= 11 is 18.6. The normalized spacial score (nSPS) is 12.1. The number of amides is 1. The lowest BCUT2D eigenvalue weighted by Gasteiger charge is -2.19. The van der Waals surface area contributed by atoms with Crippen LogP contribution in [0.3, 0.4) is 0 Å². The Labute approximate surface area is 272 Å². The van der Waals surface area contributed by atoms with E-state index in [0.29, 0.717) is 44.9 Å². The lowest BCUT2D eigenvalue weighted by atomic mass is 10.1. The number of aromatic nitrogens is 2. The van der Waals surface area contributed by atoms with Crippen molar-refractivity contribution in [3.8, 4) is 22.7 Å². The number of hydrogen-bond donors (Lipinski definition) is 1. The number of rotatable bonds is 11. The minimum absolute atomic E-state index is 0.0485. The fraction of sp³-hybridized carbons (Fsp3) is 0.152. The van der Waals surface area contributed by atoms with Crippen LogP contribution in [0.15, 0.2) is 103 Å². The number of halogens is 6. The number of carbonyl (C=O) groups excluding carboxylic acids is 1. The van der Waals surface area contributed by atoms with Gasteiger partial charge >= 0.3 is 6.36 Å². The maximum Gasteiger partial charge on any atom is 0.522 e. The zero-order valence-corrected chi connectivity index (χ0v) is 25.7. The minimum atomic E-state index is -4.88. The second kappa shape index (κ2) is 14.4. The molecule has 0 fully saturated rings. The van der Waals surface area contributed by atoms with Crippen LogP contribution in [0.5, 0.6) is 5.75 Å². The number of nitrogens with zero attached hydrogens (tertiary/aromatic N) is 2. The van der Waals surface area contributed by atoms with Crippen LogP contribution in [-0.2, 0) is 17.8 Å². The van der Waals surface area contributed by atoms with Crippen molar-refractivity contribution < 1.29 is 27.4 Å². The summed E-state index contributed by atoms with van der Waals surface area (Å²) in [5.74, 6) is -0.108. The standard InChI is InChI=1S/C33H25Cl3F3N3O3/c34-24-10-8-23(9-11-24)31-18-29(41-42(31)30-15-12-25(35)17-28(30)36)32(43)40-26(20-45-33(37,38)39)16-21-6-13-27(14-7-21)44-19-22-4-2-1-3-5-22/h1-15,17-18,26H,16,19-20H2,(H,40,43)/t26-/m0/s1. The van der Waals surface area contributed by atoms with Gasteiger partial charge in [-0.3, -0.25) is 9.53 Å². The van der Waals surface area contributed by atoms with E-state index in [1.807, 2.05) is 30.3 Å². The van der Waals surface area contributed by atoms with Gasteiger partial charge in [-0.25, -0.2) is 4.68 Å². The van der Waals surface area contributed by atoms with Crippen molar-refractivity contribution in [3.63, 3.8) is 0 Å². The molecule has 0 saturated carbocycles. The molecule has 0 aliphatic carbocycles. The summed E-state index contributed by atoms with van der Waals surface area (Å²) in [6.45, 7) is -0.445. The van der Waals surface area contributed by atoms with E-state index in [2.05, 4.69) is 15.2 Å². The van der Waals surface area contributed by atoms with Crippen LogP contribution in [0.4, 0.5) is 13.2 Å². The molecular formula is C33H25Cl3F3N3O3. The van der Waals surface area contributed by atoms with Crippen molar-refractivity contribution in [2.45, 2.75) is 25.4 Å². The Morgan fingerprint density at radius 3 is 2.20 bits per heavy atom. The highest BCUT2D eigenvalue weighted by molar-refractivity contribution is 6.35. The first-order valence-electron chi connectivity index (χ1n) is 13.6. The number of alkyl halides is 3. The molecule has 0 aliphatic heterocycles. The van der Waals surface area contributed by atoms with Crippen LogP contribution in [0.2, 0.25) is 15.1 Å². The van der Waals surface area contributed by atoms with Crippen molar-refractivity contribution in [1.82, 2.24) is 15.1 Å². The predicted molar refractivity (Wildman–Crippen MR) is 168 cm³/mol. The van der Waals surface area contributed by atoms with E-state index in [1.165, 1.54) is 16.8 Å². The molecule has 0 radical (unpaired) electrons. The van der Waals surface area contributed by atoms with Gasteiger partial charge in [0.05, 0.1) is 29.1 Å². The maximum atomic E-state index is 13.4. The van der Waals surface area contributed by atoms with Gasteiger partial charge in [0.1, 0.15) is 12.4 Å². The van der Waals surface area contributed by atoms with E-state index >= 15 is 0 Å². The number of benzene rings is 4. The van der Waals surface area contributed by atoms with Crippen molar-refractivity contribution in [1.29, 1.82) is 0 Å². The second-order valence-electron chi connectivity index (χ2n) is 9.98. The minimum Gasteiger partial charge on any atom is -0.489 e. The van der Waals surface area contributed by atoms with Gasteiger partial charge in [-0.15, -0.1) is 13.2 Å². The van der Waals surface area contributed by atoms with E-state index < -0.39 is 24.9 Å². The smallest absolute Gasteiger partial charge is 0.489 e.